The Labute approximate surface area is 125 Å². The van der Waals surface area contributed by atoms with Gasteiger partial charge in [-0.25, -0.2) is 0 Å². The zero-order valence-electron chi connectivity index (χ0n) is 12.8. The third kappa shape index (κ3) is 5.43. The first-order valence-corrected chi connectivity index (χ1v) is 6.83. The molecule has 0 aromatic heterocycles. The monoisotopic (exact) mass is 293 g/mol. The molecule has 0 saturated carbocycles. The van der Waals surface area contributed by atoms with Gasteiger partial charge in [-0.15, -0.1) is 0 Å². The number of nitrogens with one attached hydrogen (secondary N) is 1. The molecule has 1 rings (SSSR count). The van der Waals surface area contributed by atoms with Gasteiger partial charge in [-0.2, -0.15) is 0 Å². The molecule has 0 unspecified atom stereocenters. The van der Waals surface area contributed by atoms with Crippen molar-refractivity contribution in [3.8, 4) is 0 Å². The molecule has 0 spiro atoms. The number of ether oxygens (including phenoxy) is 1. The van der Waals surface area contributed by atoms with Gasteiger partial charge in [-0.1, -0.05) is 11.6 Å². The molecule has 0 atom stereocenters. The van der Waals surface area contributed by atoms with E-state index in [9.17, 15) is 9.59 Å². The summed E-state index contributed by atoms with van der Waals surface area (Å²) in [4.78, 5) is 25.4. The van der Waals surface area contributed by atoms with Gasteiger partial charge in [0.25, 0.3) is 5.91 Å². The Morgan fingerprint density at radius 2 is 2.10 bits per heavy atom. The minimum atomic E-state index is -0.261. The maximum atomic E-state index is 12.3. The van der Waals surface area contributed by atoms with Crippen LogP contribution in [0.1, 0.15) is 22.3 Å². The molecule has 0 saturated heterocycles. The third-order valence-electron chi connectivity index (χ3n) is 3.01. The maximum absolute atomic E-state index is 12.3. The molecule has 0 bridgehead atoms. The fourth-order valence-electron chi connectivity index (χ4n) is 1.85. The number of likely N-dealkylation sites (N-methyl/N-ethyl adjacent to an activating group) is 1. The molecule has 0 fully saturated rings. The van der Waals surface area contributed by atoms with Crippen LogP contribution < -0.4 is 11.1 Å². The van der Waals surface area contributed by atoms with Crippen molar-refractivity contribution >= 4 is 17.5 Å². The molecule has 1 aromatic carbocycles. The molecule has 6 nitrogen and oxygen atoms in total. The fourth-order valence-corrected chi connectivity index (χ4v) is 1.85. The number of anilines is 1. The van der Waals surface area contributed by atoms with Crippen LogP contribution in [0.15, 0.2) is 18.2 Å². The highest BCUT2D eigenvalue weighted by molar-refractivity contribution is 6.00. The van der Waals surface area contributed by atoms with Crippen molar-refractivity contribution in [2.75, 3.05) is 39.6 Å². The highest BCUT2D eigenvalue weighted by Crippen LogP contribution is 2.15. The van der Waals surface area contributed by atoms with E-state index in [0.717, 1.165) is 12.0 Å². The largest absolute Gasteiger partial charge is 0.398 e. The van der Waals surface area contributed by atoms with Crippen molar-refractivity contribution in [1.82, 2.24) is 10.2 Å². The second kappa shape index (κ2) is 8.26. The van der Waals surface area contributed by atoms with Crippen molar-refractivity contribution in [2.45, 2.75) is 13.3 Å². The maximum Gasteiger partial charge on any atom is 0.256 e. The molecular formula is C15H23N3O3. The van der Waals surface area contributed by atoms with Gasteiger partial charge in [-0.05, 0) is 25.5 Å². The number of nitrogens with two attached hydrogens (primary N) is 1. The molecule has 3 N–H and O–H groups in total. The normalized spacial score (nSPS) is 10.2. The number of methoxy groups -OCH3 is 1. The van der Waals surface area contributed by atoms with Gasteiger partial charge in [0, 0.05) is 33.0 Å². The molecule has 0 aliphatic carbocycles. The quantitative estimate of drug-likeness (QED) is 0.575. The standard InChI is InChI=1S/C15H23N3O3/c1-11-5-6-13(16)12(9-11)15(20)18(2)10-14(19)17-7-4-8-21-3/h5-6,9H,4,7-8,10,16H2,1-3H3,(H,17,19). The third-order valence-corrected chi connectivity index (χ3v) is 3.01. The van der Waals surface area contributed by atoms with Crippen molar-refractivity contribution in [1.29, 1.82) is 0 Å². The average Bonchev–Trinajstić information content (AvgIpc) is 2.45. The number of hydrogen-bond acceptors (Lipinski definition) is 4. The van der Waals surface area contributed by atoms with Crippen LogP contribution in [0.4, 0.5) is 5.69 Å². The van der Waals surface area contributed by atoms with Gasteiger partial charge >= 0.3 is 0 Å². The SMILES string of the molecule is COCCCNC(=O)CN(C)C(=O)c1cc(C)ccc1N. The van der Waals surface area contributed by atoms with Crippen LogP contribution in [-0.2, 0) is 9.53 Å². The number of nitrogen functional groups attached to an aromatic ring is 1. The average molecular weight is 293 g/mol. The summed E-state index contributed by atoms with van der Waals surface area (Å²) >= 11 is 0. The van der Waals surface area contributed by atoms with Gasteiger partial charge in [0.2, 0.25) is 5.91 Å². The van der Waals surface area contributed by atoms with Crippen LogP contribution >= 0.6 is 0 Å². The summed E-state index contributed by atoms with van der Waals surface area (Å²) in [6.45, 7) is 3.01. The number of rotatable bonds is 7. The topological polar surface area (TPSA) is 84.7 Å². The van der Waals surface area contributed by atoms with Crippen molar-refractivity contribution in [3.63, 3.8) is 0 Å². The minimum Gasteiger partial charge on any atom is -0.398 e. The Hall–Kier alpha value is -2.08. The lowest BCUT2D eigenvalue weighted by molar-refractivity contribution is -0.121. The molecule has 0 radical (unpaired) electrons. The van der Waals surface area contributed by atoms with Gasteiger partial charge in [0.15, 0.2) is 0 Å². The summed E-state index contributed by atoms with van der Waals surface area (Å²) in [6.07, 6.45) is 0.741. The van der Waals surface area contributed by atoms with E-state index in [0.29, 0.717) is 24.4 Å². The number of benzene rings is 1. The van der Waals surface area contributed by atoms with Gasteiger partial charge in [-0.3, -0.25) is 9.59 Å². The van der Waals surface area contributed by atoms with Gasteiger partial charge in [0.05, 0.1) is 12.1 Å². The minimum absolute atomic E-state index is 0.000796. The number of aryl methyl sites for hydroxylation is 1. The fraction of sp³-hybridized carbons (Fsp3) is 0.467. The molecule has 6 heteroatoms. The highest BCUT2D eigenvalue weighted by atomic mass is 16.5. The first kappa shape index (κ1) is 17.0. The van der Waals surface area contributed by atoms with Gasteiger partial charge < -0.3 is 20.7 Å². The first-order valence-electron chi connectivity index (χ1n) is 6.83. The lowest BCUT2D eigenvalue weighted by Gasteiger charge is -2.18. The lowest BCUT2D eigenvalue weighted by atomic mass is 10.1. The van der Waals surface area contributed by atoms with Crippen LogP contribution in [0, 0.1) is 6.92 Å². The summed E-state index contributed by atoms with van der Waals surface area (Å²) < 4.78 is 4.90. The Morgan fingerprint density at radius 3 is 2.76 bits per heavy atom. The van der Waals surface area contributed by atoms with Crippen molar-refractivity contribution < 1.29 is 14.3 Å². The lowest BCUT2D eigenvalue weighted by Crippen LogP contribution is -2.39. The Morgan fingerprint density at radius 1 is 1.38 bits per heavy atom. The smallest absolute Gasteiger partial charge is 0.256 e. The van der Waals surface area contributed by atoms with E-state index in [-0.39, 0.29) is 18.4 Å². The number of hydrogen-bond donors (Lipinski definition) is 2. The summed E-state index contributed by atoms with van der Waals surface area (Å²) in [5.74, 6) is -0.462. The van der Waals surface area contributed by atoms with E-state index in [1.165, 1.54) is 4.90 Å². The van der Waals surface area contributed by atoms with Crippen LogP contribution in [0.5, 0.6) is 0 Å². The molecule has 0 heterocycles. The van der Waals surface area contributed by atoms with E-state index in [1.54, 1.807) is 26.3 Å². The zero-order chi connectivity index (χ0) is 15.8. The van der Waals surface area contributed by atoms with Crippen LogP contribution in [0.3, 0.4) is 0 Å². The molecule has 0 aliphatic heterocycles. The molecular weight excluding hydrogens is 270 g/mol. The van der Waals surface area contributed by atoms with Crippen LogP contribution in [-0.4, -0.2) is 50.6 Å². The summed E-state index contributed by atoms with van der Waals surface area (Å²) in [5.41, 5.74) is 7.60. The summed E-state index contributed by atoms with van der Waals surface area (Å²) in [5, 5.41) is 2.74. The highest BCUT2D eigenvalue weighted by Gasteiger charge is 2.17. The second-order valence-electron chi connectivity index (χ2n) is 4.95. The van der Waals surface area contributed by atoms with Gasteiger partial charge in [0.1, 0.15) is 0 Å². The first-order chi connectivity index (χ1) is 9.95. The van der Waals surface area contributed by atoms with E-state index in [1.807, 2.05) is 13.0 Å². The van der Waals surface area contributed by atoms with E-state index >= 15 is 0 Å². The molecule has 1 aromatic rings. The van der Waals surface area contributed by atoms with Crippen molar-refractivity contribution in [2.24, 2.45) is 0 Å². The Bertz CT molecular complexity index is 503. The van der Waals surface area contributed by atoms with Crippen LogP contribution in [0.25, 0.3) is 0 Å². The molecule has 0 aliphatic rings. The molecule has 21 heavy (non-hydrogen) atoms. The van der Waals surface area contributed by atoms with E-state index < -0.39 is 0 Å². The molecule has 2 amide bonds. The predicted octanol–water partition coefficient (Wildman–Crippen LogP) is 0.802. The van der Waals surface area contributed by atoms with Crippen LogP contribution in [0.2, 0.25) is 0 Å². The number of amides is 2. The number of carbonyl (C=O) groups is 2. The van der Waals surface area contributed by atoms with Crippen molar-refractivity contribution in [3.05, 3.63) is 29.3 Å². The number of carbonyl (C=O) groups excluding carboxylic acids is 2. The Kier molecular flexibility index (Phi) is 6.68. The summed E-state index contributed by atoms with van der Waals surface area (Å²) in [6, 6.07) is 5.26. The molecule has 116 valence electrons. The zero-order valence-corrected chi connectivity index (χ0v) is 12.8. The van der Waals surface area contributed by atoms with E-state index in [2.05, 4.69) is 5.32 Å². The second-order valence-corrected chi connectivity index (χ2v) is 4.95. The number of nitrogens with zero attached hydrogens (tertiary/aromatic N) is 1. The summed E-state index contributed by atoms with van der Waals surface area (Å²) in [7, 11) is 3.19. The predicted molar refractivity (Wildman–Crippen MR) is 82.1 cm³/mol. The van der Waals surface area contributed by atoms with E-state index in [4.69, 9.17) is 10.5 Å². The Balaban J connectivity index is 2.54.